The Balaban J connectivity index is 2.46. The molecule has 2 rings (SSSR count). The van der Waals surface area contributed by atoms with E-state index < -0.39 is 10.0 Å². The smallest absolute Gasteiger partial charge is 0.267 e. The highest BCUT2D eigenvalue weighted by atomic mass is 79.9. The lowest BCUT2D eigenvalue weighted by molar-refractivity contribution is 0.600. The molecule has 0 unspecified atom stereocenters. The van der Waals surface area contributed by atoms with Gasteiger partial charge in [-0.3, -0.25) is 9.40 Å². The molecule has 0 saturated heterocycles. The summed E-state index contributed by atoms with van der Waals surface area (Å²) >= 11 is 9.07. The van der Waals surface area contributed by atoms with Crippen LogP contribution in [0, 0.1) is 6.92 Å². The zero-order chi connectivity index (χ0) is 15.1. The lowest BCUT2D eigenvalue weighted by atomic mass is 10.3. The highest BCUT2D eigenvalue weighted by Gasteiger charge is 2.25. The van der Waals surface area contributed by atoms with E-state index in [4.69, 9.17) is 17.3 Å². The van der Waals surface area contributed by atoms with Crippen molar-refractivity contribution in [2.75, 3.05) is 10.5 Å². The normalized spacial score (nSPS) is 11.6. The average molecular weight is 380 g/mol. The van der Waals surface area contributed by atoms with Crippen LogP contribution in [0.5, 0.6) is 0 Å². The average Bonchev–Trinajstić information content (AvgIpc) is 2.57. The topological polar surface area (TPSA) is 90.0 Å². The van der Waals surface area contributed by atoms with Crippen LogP contribution < -0.4 is 10.5 Å². The molecule has 2 aromatic rings. The van der Waals surface area contributed by atoms with Gasteiger partial charge in [-0.2, -0.15) is 5.10 Å². The maximum Gasteiger partial charge on any atom is 0.267 e. The third-order valence-corrected chi connectivity index (χ3v) is 5.17. The number of nitrogens with zero attached hydrogens (tertiary/aromatic N) is 2. The third kappa shape index (κ3) is 2.77. The van der Waals surface area contributed by atoms with Gasteiger partial charge in [0.2, 0.25) is 0 Å². The van der Waals surface area contributed by atoms with Crippen LogP contribution in [0.1, 0.15) is 5.69 Å². The van der Waals surface area contributed by atoms with E-state index in [0.717, 1.165) is 0 Å². The van der Waals surface area contributed by atoms with E-state index in [2.05, 4.69) is 25.8 Å². The number of aryl methyl sites for hydroxylation is 1. The molecule has 9 heteroatoms. The van der Waals surface area contributed by atoms with E-state index in [1.54, 1.807) is 32.2 Å². The van der Waals surface area contributed by atoms with Gasteiger partial charge in [-0.15, -0.1) is 0 Å². The van der Waals surface area contributed by atoms with Crippen LogP contribution in [0.4, 0.5) is 11.5 Å². The molecule has 6 nitrogen and oxygen atoms in total. The molecule has 1 heterocycles. The fraction of sp³-hybridized carbons (Fsp3) is 0.182. The highest BCUT2D eigenvalue weighted by Crippen LogP contribution is 2.30. The quantitative estimate of drug-likeness (QED) is 0.857. The van der Waals surface area contributed by atoms with Crippen LogP contribution in [-0.4, -0.2) is 18.2 Å². The van der Waals surface area contributed by atoms with E-state index in [9.17, 15) is 8.42 Å². The van der Waals surface area contributed by atoms with Crippen LogP contribution >= 0.6 is 27.5 Å². The molecule has 0 saturated carbocycles. The minimum Gasteiger partial charge on any atom is -0.381 e. The van der Waals surface area contributed by atoms with Crippen LogP contribution in [-0.2, 0) is 17.1 Å². The van der Waals surface area contributed by atoms with Gasteiger partial charge in [0.1, 0.15) is 0 Å². The number of anilines is 2. The molecular weight excluding hydrogens is 368 g/mol. The molecule has 1 aromatic carbocycles. The first kappa shape index (κ1) is 15.1. The van der Waals surface area contributed by atoms with Crippen molar-refractivity contribution in [2.45, 2.75) is 11.8 Å². The summed E-state index contributed by atoms with van der Waals surface area (Å²) in [7, 11) is -2.19. The Labute approximate surface area is 130 Å². The first-order valence-electron chi connectivity index (χ1n) is 5.49. The van der Waals surface area contributed by atoms with E-state index in [-0.39, 0.29) is 10.7 Å². The number of nitrogens with two attached hydrogens (primary N) is 1. The number of halogens is 2. The lowest BCUT2D eigenvalue weighted by Crippen LogP contribution is -2.15. The summed E-state index contributed by atoms with van der Waals surface area (Å²) in [5.74, 6) is -0.0393. The number of nitrogen functional groups attached to an aromatic ring is 1. The van der Waals surface area contributed by atoms with E-state index in [1.165, 1.54) is 4.68 Å². The van der Waals surface area contributed by atoms with Crippen molar-refractivity contribution in [2.24, 2.45) is 7.05 Å². The second-order valence-electron chi connectivity index (χ2n) is 4.15. The molecule has 0 aliphatic rings. The van der Waals surface area contributed by atoms with Gasteiger partial charge in [0.05, 0.1) is 11.4 Å². The molecule has 0 amide bonds. The molecule has 0 bridgehead atoms. The summed E-state index contributed by atoms with van der Waals surface area (Å²) in [6.07, 6.45) is 0. The minimum atomic E-state index is -3.82. The van der Waals surface area contributed by atoms with Gasteiger partial charge in [-0.25, -0.2) is 8.42 Å². The van der Waals surface area contributed by atoms with Gasteiger partial charge in [0, 0.05) is 16.5 Å². The van der Waals surface area contributed by atoms with E-state index in [0.29, 0.717) is 20.9 Å². The Kier molecular flexibility index (Phi) is 3.99. The molecule has 20 heavy (non-hydrogen) atoms. The molecule has 0 aliphatic heterocycles. The Morgan fingerprint density at radius 3 is 2.60 bits per heavy atom. The van der Waals surface area contributed by atoms with E-state index >= 15 is 0 Å². The van der Waals surface area contributed by atoms with Crippen molar-refractivity contribution in [1.82, 2.24) is 9.78 Å². The first-order chi connectivity index (χ1) is 9.22. The predicted molar refractivity (Wildman–Crippen MR) is 82.3 cm³/mol. The van der Waals surface area contributed by atoms with Gasteiger partial charge in [0.25, 0.3) is 10.0 Å². The summed E-state index contributed by atoms with van der Waals surface area (Å²) < 4.78 is 29.2. The monoisotopic (exact) mass is 378 g/mol. The summed E-state index contributed by atoms with van der Waals surface area (Å²) in [6.45, 7) is 1.63. The van der Waals surface area contributed by atoms with Gasteiger partial charge in [-0.05, 0) is 41.1 Å². The number of aromatic nitrogens is 2. The van der Waals surface area contributed by atoms with Crippen molar-refractivity contribution in [3.05, 3.63) is 33.4 Å². The van der Waals surface area contributed by atoms with Gasteiger partial charge >= 0.3 is 0 Å². The molecule has 1 aromatic heterocycles. The molecule has 108 valence electrons. The Bertz CT molecular complexity index is 773. The second-order valence-corrected chi connectivity index (χ2v) is 7.06. The number of hydrogen-bond donors (Lipinski definition) is 2. The summed E-state index contributed by atoms with van der Waals surface area (Å²) in [4.78, 5) is -0.0261. The van der Waals surface area contributed by atoms with Crippen molar-refractivity contribution in [1.29, 1.82) is 0 Å². The van der Waals surface area contributed by atoms with Crippen molar-refractivity contribution >= 4 is 49.1 Å². The van der Waals surface area contributed by atoms with Crippen molar-refractivity contribution in [3.63, 3.8) is 0 Å². The minimum absolute atomic E-state index is 0.0261. The van der Waals surface area contributed by atoms with Gasteiger partial charge in [-0.1, -0.05) is 11.6 Å². The number of rotatable bonds is 3. The van der Waals surface area contributed by atoms with Crippen molar-refractivity contribution in [3.8, 4) is 0 Å². The second kappa shape index (κ2) is 5.27. The predicted octanol–water partition coefficient (Wildman–Crippen LogP) is 2.53. The van der Waals surface area contributed by atoms with Crippen molar-refractivity contribution < 1.29 is 8.42 Å². The molecular formula is C11H12BrClN4O2S. The SMILES string of the molecule is Cc1c(S(=O)(=O)Nc2ccc(Cl)cc2Br)c(N)nn1C. The molecule has 3 N–H and O–H groups in total. The molecule has 0 atom stereocenters. The standard InChI is InChI=1S/C11H12BrClN4O2S/c1-6-10(11(14)15-17(6)2)20(18,19)16-9-4-3-7(13)5-8(9)12/h3-5,16H,1-2H3,(H2,14,15). The Morgan fingerprint density at radius 2 is 2.10 bits per heavy atom. The Hall–Kier alpha value is -1.25. The van der Waals surface area contributed by atoms with Crippen LogP contribution in [0.3, 0.4) is 0 Å². The summed E-state index contributed by atoms with van der Waals surface area (Å²) in [6, 6.07) is 4.74. The van der Waals surface area contributed by atoms with Crippen LogP contribution in [0.2, 0.25) is 5.02 Å². The maximum atomic E-state index is 12.4. The Morgan fingerprint density at radius 1 is 1.45 bits per heavy atom. The van der Waals surface area contributed by atoms with Gasteiger partial charge < -0.3 is 5.73 Å². The molecule has 0 fully saturated rings. The van der Waals surface area contributed by atoms with Crippen LogP contribution in [0.15, 0.2) is 27.6 Å². The first-order valence-corrected chi connectivity index (χ1v) is 8.14. The molecule has 0 aliphatic carbocycles. The number of sulfonamides is 1. The largest absolute Gasteiger partial charge is 0.381 e. The highest BCUT2D eigenvalue weighted by molar-refractivity contribution is 9.10. The summed E-state index contributed by atoms with van der Waals surface area (Å²) in [5, 5.41) is 4.39. The van der Waals surface area contributed by atoms with E-state index in [1.807, 2.05) is 0 Å². The number of hydrogen-bond acceptors (Lipinski definition) is 4. The molecule has 0 radical (unpaired) electrons. The number of nitrogens with one attached hydrogen (secondary N) is 1. The fourth-order valence-electron chi connectivity index (χ4n) is 1.71. The van der Waals surface area contributed by atoms with Crippen LogP contribution in [0.25, 0.3) is 0 Å². The maximum absolute atomic E-state index is 12.4. The molecule has 0 spiro atoms. The summed E-state index contributed by atoms with van der Waals surface area (Å²) in [5.41, 5.74) is 6.49. The zero-order valence-corrected chi connectivity index (χ0v) is 13.8. The van der Waals surface area contributed by atoms with Gasteiger partial charge in [0.15, 0.2) is 10.7 Å². The lowest BCUT2D eigenvalue weighted by Gasteiger charge is -2.10. The number of benzene rings is 1. The fourth-order valence-corrected chi connectivity index (χ4v) is 4.03. The zero-order valence-electron chi connectivity index (χ0n) is 10.7. The third-order valence-electron chi connectivity index (χ3n) is 2.75.